The molecule has 0 bridgehead atoms. The van der Waals surface area contributed by atoms with Crippen LogP contribution in [0.2, 0.25) is 0 Å². The van der Waals surface area contributed by atoms with Crippen molar-refractivity contribution in [1.29, 1.82) is 0 Å². The SMILES string of the molecule is COc1cccc(CCCNS(=O)(=O)c2c(C)noc2C)c1. The van der Waals surface area contributed by atoms with Crippen LogP contribution in [-0.4, -0.2) is 27.2 Å². The first kappa shape index (κ1) is 16.5. The molecule has 7 heteroatoms. The van der Waals surface area contributed by atoms with Crippen LogP contribution in [0.3, 0.4) is 0 Å². The van der Waals surface area contributed by atoms with Gasteiger partial charge in [-0.05, 0) is 44.4 Å². The van der Waals surface area contributed by atoms with E-state index in [0.29, 0.717) is 24.4 Å². The van der Waals surface area contributed by atoms with Gasteiger partial charge in [-0.1, -0.05) is 17.3 Å². The minimum Gasteiger partial charge on any atom is -0.497 e. The van der Waals surface area contributed by atoms with Crippen LogP contribution in [0.15, 0.2) is 33.7 Å². The molecule has 22 heavy (non-hydrogen) atoms. The quantitative estimate of drug-likeness (QED) is 0.790. The largest absolute Gasteiger partial charge is 0.497 e. The lowest BCUT2D eigenvalue weighted by Crippen LogP contribution is -2.26. The molecular weight excluding hydrogens is 304 g/mol. The van der Waals surface area contributed by atoms with Gasteiger partial charge in [0.1, 0.15) is 16.3 Å². The van der Waals surface area contributed by atoms with Crippen molar-refractivity contribution in [2.45, 2.75) is 31.6 Å². The first-order chi connectivity index (χ1) is 10.4. The lowest BCUT2D eigenvalue weighted by Gasteiger charge is -2.07. The maximum atomic E-state index is 12.2. The third kappa shape index (κ3) is 3.86. The number of methoxy groups -OCH3 is 1. The van der Waals surface area contributed by atoms with Gasteiger partial charge in [0, 0.05) is 6.54 Å². The summed E-state index contributed by atoms with van der Waals surface area (Å²) >= 11 is 0. The lowest BCUT2D eigenvalue weighted by atomic mass is 10.1. The first-order valence-electron chi connectivity index (χ1n) is 6.99. The predicted molar refractivity (Wildman–Crippen MR) is 82.5 cm³/mol. The number of aromatic nitrogens is 1. The molecular formula is C15H20N2O4S. The van der Waals surface area contributed by atoms with Crippen molar-refractivity contribution < 1.29 is 17.7 Å². The van der Waals surface area contributed by atoms with E-state index in [2.05, 4.69) is 9.88 Å². The van der Waals surface area contributed by atoms with E-state index >= 15 is 0 Å². The molecule has 6 nitrogen and oxygen atoms in total. The second-order valence-corrected chi connectivity index (χ2v) is 6.71. The molecule has 0 saturated heterocycles. The van der Waals surface area contributed by atoms with Crippen LogP contribution in [0, 0.1) is 13.8 Å². The number of sulfonamides is 1. The number of aryl methyl sites for hydroxylation is 3. The zero-order valence-corrected chi connectivity index (χ0v) is 13.7. The Balaban J connectivity index is 1.91. The van der Waals surface area contributed by atoms with E-state index in [0.717, 1.165) is 17.7 Å². The van der Waals surface area contributed by atoms with E-state index in [-0.39, 0.29) is 4.90 Å². The molecule has 0 unspecified atom stereocenters. The van der Waals surface area contributed by atoms with Crippen molar-refractivity contribution in [1.82, 2.24) is 9.88 Å². The summed E-state index contributed by atoms with van der Waals surface area (Å²) < 4.78 is 37.1. The van der Waals surface area contributed by atoms with E-state index < -0.39 is 10.0 Å². The highest BCUT2D eigenvalue weighted by Crippen LogP contribution is 2.18. The molecule has 0 fully saturated rings. The summed E-state index contributed by atoms with van der Waals surface area (Å²) in [4.78, 5) is 0.133. The van der Waals surface area contributed by atoms with Gasteiger partial charge in [0.15, 0.2) is 5.76 Å². The highest BCUT2D eigenvalue weighted by molar-refractivity contribution is 7.89. The van der Waals surface area contributed by atoms with E-state index in [9.17, 15) is 8.42 Å². The number of rotatable bonds is 7. The van der Waals surface area contributed by atoms with E-state index in [1.54, 1.807) is 21.0 Å². The molecule has 0 atom stereocenters. The second-order valence-electron chi connectivity index (χ2n) is 5.01. The molecule has 0 radical (unpaired) electrons. The second kappa shape index (κ2) is 6.93. The Morgan fingerprint density at radius 3 is 2.73 bits per heavy atom. The number of nitrogens with one attached hydrogen (secondary N) is 1. The van der Waals surface area contributed by atoms with Gasteiger partial charge in [0.05, 0.1) is 7.11 Å². The van der Waals surface area contributed by atoms with Crippen LogP contribution in [0.1, 0.15) is 23.4 Å². The molecule has 0 spiro atoms. The van der Waals surface area contributed by atoms with Crippen molar-refractivity contribution in [2.75, 3.05) is 13.7 Å². The Kier molecular flexibility index (Phi) is 5.20. The summed E-state index contributed by atoms with van der Waals surface area (Å²) in [5.41, 5.74) is 1.48. The maximum Gasteiger partial charge on any atom is 0.245 e. The van der Waals surface area contributed by atoms with Gasteiger partial charge in [-0.3, -0.25) is 0 Å². The van der Waals surface area contributed by atoms with Crippen LogP contribution >= 0.6 is 0 Å². The maximum absolute atomic E-state index is 12.2. The van der Waals surface area contributed by atoms with Gasteiger partial charge < -0.3 is 9.26 Å². The average Bonchev–Trinajstić information content (AvgIpc) is 2.83. The Hall–Kier alpha value is -1.86. The van der Waals surface area contributed by atoms with Gasteiger partial charge in [0.25, 0.3) is 0 Å². The molecule has 0 saturated carbocycles. The highest BCUT2D eigenvalue weighted by atomic mass is 32.2. The molecule has 1 aromatic carbocycles. The molecule has 0 amide bonds. The monoisotopic (exact) mass is 324 g/mol. The standard InChI is InChI=1S/C15H20N2O4S/c1-11-15(12(2)21-17-11)22(18,19)16-9-5-7-13-6-4-8-14(10-13)20-3/h4,6,8,10,16H,5,7,9H2,1-3H3. The van der Waals surface area contributed by atoms with Crippen molar-refractivity contribution in [3.63, 3.8) is 0 Å². The molecule has 120 valence electrons. The van der Waals surface area contributed by atoms with Gasteiger partial charge >= 0.3 is 0 Å². The van der Waals surface area contributed by atoms with Gasteiger partial charge in [-0.25, -0.2) is 13.1 Å². The van der Waals surface area contributed by atoms with Crippen LogP contribution in [-0.2, 0) is 16.4 Å². The zero-order chi connectivity index (χ0) is 16.2. The fourth-order valence-corrected chi connectivity index (χ4v) is 3.66. The molecule has 1 heterocycles. The summed E-state index contributed by atoms with van der Waals surface area (Å²) in [7, 11) is -1.95. The number of hydrogen-bond acceptors (Lipinski definition) is 5. The topological polar surface area (TPSA) is 81.4 Å². The molecule has 2 aromatic rings. The fourth-order valence-electron chi connectivity index (χ4n) is 2.26. The lowest BCUT2D eigenvalue weighted by molar-refractivity contribution is 0.390. The third-order valence-electron chi connectivity index (χ3n) is 3.31. The summed E-state index contributed by atoms with van der Waals surface area (Å²) in [6.45, 7) is 3.55. The average molecular weight is 324 g/mol. The smallest absolute Gasteiger partial charge is 0.245 e. The van der Waals surface area contributed by atoms with Gasteiger partial charge in [0.2, 0.25) is 10.0 Å². The summed E-state index contributed by atoms with van der Waals surface area (Å²) in [5, 5.41) is 3.67. The van der Waals surface area contributed by atoms with Gasteiger partial charge in [-0.2, -0.15) is 0 Å². The van der Waals surface area contributed by atoms with Crippen LogP contribution in [0.4, 0.5) is 0 Å². The van der Waals surface area contributed by atoms with Crippen LogP contribution in [0.25, 0.3) is 0 Å². The van der Waals surface area contributed by atoms with Crippen molar-refractivity contribution >= 4 is 10.0 Å². The predicted octanol–water partition coefficient (Wildman–Crippen LogP) is 2.21. The Labute approximate surface area is 130 Å². The fraction of sp³-hybridized carbons (Fsp3) is 0.400. The normalized spacial score (nSPS) is 11.6. The molecule has 2 rings (SSSR count). The Bertz CT molecular complexity index is 718. The number of ether oxygens (including phenoxy) is 1. The number of hydrogen-bond donors (Lipinski definition) is 1. The van der Waals surface area contributed by atoms with E-state index in [4.69, 9.17) is 9.26 Å². The number of nitrogens with zero attached hydrogens (tertiary/aromatic N) is 1. The Morgan fingerprint density at radius 2 is 2.09 bits per heavy atom. The first-order valence-corrected chi connectivity index (χ1v) is 8.48. The Morgan fingerprint density at radius 1 is 1.32 bits per heavy atom. The van der Waals surface area contributed by atoms with Crippen molar-refractivity contribution in [2.24, 2.45) is 0 Å². The molecule has 0 aliphatic heterocycles. The molecule has 0 aliphatic carbocycles. The van der Waals surface area contributed by atoms with Gasteiger partial charge in [-0.15, -0.1) is 0 Å². The molecule has 0 aliphatic rings. The minimum atomic E-state index is -3.58. The molecule has 1 aromatic heterocycles. The van der Waals surface area contributed by atoms with E-state index in [1.807, 2.05) is 24.3 Å². The highest BCUT2D eigenvalue weighted by Gasteiger charge is 2.23. The zero-order valence-electron chi connectivity index (χ0n) is 12.9. The van der Waals surface area contributed by atoms with E-state index in [1.165, 1.54) is 0 Å². The number of benzene rings is 1. The summed E-state index contributed by atoms with van der Waals surface area (Å²) in [6.07, 6.45) is 1.46. The van der Waals surface area contributed by atoms with Crippen LogP contribution < -0.4 is 9.46 Å². The third-order valence-corrected chi connectivity index (χ3v) is 5.01. The molecule has 1 N–H and O–H groups in total. The van der Waals surface area contributed by atoms with Crippen molar-refractivity contribution in [3.05, 3.63) is 41.3 Å². The minimum absolute atomic E-state index is 0.133. The summed E-state index contributed by atoms with van der Waals surface area (Å²) in [5.74, 6) is 1.10. The summed E-state index contributed by atoms with van der Waals surface area (Å²) in [6, 6.07) is 7.74. The van der Waals surface area contributed by atoms with Crippen LogP contribution in [0.5, 0.6) is 5.75 Å². The van der Waals surface area contributed by atoms with Crippen molar-refractivity contribution in [3.8, 4) is 5.75 Å².